The summed E-state index contributed by atoms with van der Waals surface area (Å²) in [6.45, 7) is 4.05. The van der Waals surface area contributed by atoms with Gasteiger partial charge in [-0.05, 0) is 43.2 Å². The van der Waals surface area contributed by atoms with E-state index in [4.69, 9.17) is 10.00 Å². The molecule has 0 aliphatic carbocycles. The number of rotatable bonds is 2. The molecule has 0 aliphatic heterocycles. The van der Waals surface area contributed by atoms with Crippen LogP contribution in [-0.2, 0) is 0 Å². The van der Waals surface area contributed by atoms with Gasteiger partial charge in [-0.2, -0.15) is 5.26 Å². The summed E-state index contributed by atoms with van der Waals surface area (Å²) in [5.74, 6) is 1.40. The van der Waals surface area contributed by atoms with Crippen LogP contribution in [0.2, 0.25) is 0 Å². The zero-order valence-electron chi connectivity index (χ0n) is 9.90. The summed E-state index contributed by atoms with van der Waals surface area (Å²) in [4.78, 5) is 0. The zero-order valence-corrected chi connectivity index (χ0v) is 9.90. The Hall–Kier alpha value is -2.27. The van der Waals surface area contributed by atoms with E-state index in [1.165, 1.54) is 5.56 Å². The number of benzene rings is 2. The lowest BCUT2D eigenvalue weighted by Gasteiger charge is -2.11. The summed E-state index contributed by atoms with van der Waals surface area (Å²) < 4.78 is 5.79. The quantitative estimate of drug-likeness (QED) is 0.771. The van der Waals surface area contributed by atoms with Crippen molar-refractivity contribution in [1.29, 1.82) is 5.26 Å². The maximum absolute atomic E-state index is 8.99. The summed E-state index contributed by atoms with van der Waals surface area (Å²) in [6.07, 6.45) is 0. The predicted molar refractivity (Wildman–Crippen MR) is 67.1 cm³/mol. The molecular weight excluding hydrogens is 210 g/mol. The number of ether oxygens (including phenoxy) is 1. The van der Waals surface area contributed by atoms with Gasteiger partial charge in [0.1, 0.15) is 17.6 Å². The first-order valence-corrected chi connectivity index (χ1v) is 5.45. The van der Waals surface area contributed by atoms with Crippen LogP contribution in [0.5, 0.6) is 11.5 Å². The molecular formula is C15H13NO. The van der Waals surface area contributed by atoms with Crippen molar-refractivity contribution in [2.45, 2.75) is 13.8 Å². The lowest BCUT2D eigenvalue weighted by Crippen LogP contribution is -1.91. The van der Waals surface area contributed by atoms with Crippen molar-refractivity contribution in [1.82, 2.24) is 0 Å². The van der Waals surface area contributed by atoms with Gasteiger partial charge < -0.3 is 4.74 Å². The molecule has 0 N–H and O–H groups in total. The van der Waals surface area contributed by atoms with E-state index in [1.807, 2.05) is 44.2 Å². The third kappa shape index (κ3) is 2.29. The smallest absolute Gasteiger partial charge is 0.145 e. The summed E-state index contributed by atoms with van der Waals surface area (Å²) in [7, 11) is 0. The molecule has 2 aromatic rings. The van der Waals surface area contributed by atoms with Gasteiger partial charge in [-0.1, -0.05) is 24.3 Å². The number of nitrogens with zero attached hydrogens (tertiary/aromatic N) is 1. The average molecular weight is 223 g/mol. The lowest BCUT2D eigenvalue weighted by atomic mass is 10.1. The van der Waals surface area contributed by atoms with Crippen LogP contribution in [0, 0.1) is 25.2 Å². The molecule has 0 aromatic heterocycles. The van der Waals surface area contributed by atoms with Gasteiger partial charge in [0, 0.05) is 0 Å². The van der Waals surface area contributed by atoms with Crippen LogP contribution in [0.3, 0.4) is 0 Å². The molecule has 0 radical (unpaired) electrons. The molecule has 2 rings (SSSR count). The fraction of sp³-hybridized carbons (Fsp3) is 0.133. The number of hydrogen-bond acceptors (Lipinski definition) is 2. The van der Waals surface area contributed by atoms with E-state index >= 15 is 0 Å². The van der Waals surface area contributed by atoms with Crippen LogP contribution in [0.15, 0.2) is 42.5 Å². The Balaban J connectivity index is 2.39. The van der Waals surface area contributed by atoms with Crippen LogP contribution < -0.4 is 4.74 Å². The van der Waals surface area contributed by atoms with Gasteiger partial charge in [-0.15, -0.1) is 0 Å². The Morgan fingerprint density at radius 1 is 0.941 bits per heavy atom. The molecule has 0 unspecified atom stereocenters. The van der Waals surface area contributed by atoms with E-state index in [0.717, 1.165) is 11.3 Å². The highest BCUT2D eigenvalue weighted by Crippen LogP contribution is 2.28. The Morgan fingerprint density at radius 3 is 2.41 bits per heavy atom. The average Bonchev–Trinajstić information content (AvgIpc) is 2.35. The van der Waals surface area contributed by atoms with Gasteiger partial charge in [-0.25, -0.2) is 0 Å². The Kier molecular flexibility index (Phi) is 3.11. The van der Waals surface area contributed by atoms with Crippen molar-refractivity contribution in [3.8, 4) is 17.6 Å². The second kappa shape index (κ2) is 4.71. The van der Waals surface area contributed by atoms with E-state index in [2.05, 4.69) is 6.07 Å². The second-order valence-electron chi connectivity index (χ2n) is 3.91. The summed E-state index contributed by atoms with van der Waals surface area (Å²) >= 11 is 0. The van der Waals surface area contributed by atoms with Crippen molar-refractivity contribution in [2.75, 3.05) is 0 Å². The molecule has 0 aliphatic rings. The van der Waals surface area contributed by atoms with Crippen LogP contribution in [0.1, 0.15) is 16.7 Å². The Bertz CT molecular complexity index is 582. The first kappa shape index (κ1) is 11.2. The van der Waals surface area contributed by atoms with Gasteiger partial charge in [0.15, 0.2) is 0 Å². The van der Waals surface area contributed by atoms with Crippen molar-refractivity contribution in [3.63, 3.8) is 0 Å². The number of aryl methyl sites for hydroxylation is 1. The Labute approximate surface area is 101 Å². The van der Waals surface area contributed by atoms with Gasteiger partial charge >= 0.3 is 0 Å². The zero-order chi connectivity index (χ0) is 12.3. The van der Waals surface area contributed by atoms with Crippen molar-refractivity contribution >= 4 is 0 Å². The molecule has 0 spiro atoms. The fourth-order valence-electron chi connectivity index (χ4n) is 1.60. The number of para-hydroxylation sites is 1. The third-order valence-corrected chi connectivity index (χ3v) is 2.78. The SMILES string of the molecule is Cc1cccc(Oc2ccccc2C#N)c1C. The third-order valence-electron chi connectivity index (χ3n) is 2.78. The minimum absolute atomic E-state index is 0.549. The predicted octanol–water partition coefficient (Wildman–Crippen LogP) is 3.97. The molecule has 0 heterocycles. The number of nitriles is 1. The molecule has 2 heteroatoms. The fourth-order valence-corrected chi connectivity index (χ4v) is 1.60. The minimum atomic E-state index is 0.549. The molecule has 0 saturated carbocycles. The second-order valence-corrected chi connectivity index (χ2v) is 3.91. The molecule has 0 bridgehead atoms. The summed E-state index contributed by atoms with van der Waals surface area (Å²) in [5, 5.41) is 8.99. The standard InChI is InChI=1S/C15H13NO/c1-11-6-5-9-14(12(11)2)17-15-8-4-3-7-13(15)10-16/h3-9H,1-2H3. The van der Waals surface area contributed by atoms with Crippen LogP contribution in [0.25, 0.3) is 0 Å². The van der Waals surface area contributed by atoms with Gasteiger partial charge in [0.2, 0.25) is 0 Å². The van der Waals surface area contributed by atoms with E-state index in [9.17, 15) is 0 Å². The van der Waals surface area contributed by atoms with Gasteiger partial charge in [-0.3, -0.25) is 0 Å². The highest BCUT2D eigenvalue weighted by molar-refractivity contribution is 5.47. The van der Waals surface area contributed by atoms with E-state index in [0.29, 0.717) is 11.3 Å². The molecule has 0 amide bonds. The van der Waals surface area contributed by atoms with Crippen molar-refractivity contribution in [3.05, 3.63) is 59.2 Å². The minimum Gasteiger partial charge on any atom is -0.456 e. The van der Waals surface area contributed by atoms with E-state index in [1.54, 1.807) is 12.1 Å². The largest absolute Gasteiger partial charge is 0.456 e. The van der Waals surface area contributed by atoms with Crippen molar-refractivity contribution in [2.24, 2.45) is 0 Å². The number of hydrogen-bond donors (Lipinski definition) is 0. The molecule has 17 heavy (non-hydrogen) atoms. The van der Waals surface area contributed by atoms with Gasteiger partial charge in [0.05, 0.1) is 5.56 Å². The Morgan fingerprint density at radius 2 is 1.65 bits per heavy atom. The lowest BCUT2D eigenvalue weighted by molar-refractivity contribution is 0.477. The highest BCUT2D eigenvalue weighted by Gasteiger charge is 2.06. The molecule has 0 saturated heterocycles. The topological polar surface area (TPSA) is 33.0 Å². The van der Waals surface area contributed by atoms with Crippen LogP contribution in [0.4, 0.5) is 0 Å². The normalized spacial score (nSPS) is 9.71. The van der Waals surface area contributed by atoms with Crippen LogP contribution >= 0.6 is 0 Å². The summed E-state index contributed by atoms with van der Waals surface area (Å²) in [5.41, 5.74) is 2.82. The van der Waals surface area contributed by atoms with E-state index in [-0.39, 0.29) is 0 Å². The van der Waals surface area contributed by atoms with Gasteiger partial charge in [0.25, 0.3) is 0 Å². The molecule has 2 nitrogen and oxygen atoms in total. The first-order valence-electron chi connectivity index (χ1n) is 5.45. The van der Waals surface area contributed by atoms with Crippen molar-refractivity contribution < 1.29 is 4.74 Å². The first-order chi connectivity index (χ1) is 8.22. The molecule has 2 aromatic carbocycles. The maximum atomic E-state index is 8.99. The monoisotopic (exact) mass is 223 g/mol. The maximum Gasteiger partial charge on any atom is 0.145 e. The molecule has 0 atom stereocenters. The van der Waals surface area contributed by atoms with Crippen LogP contribution in [-0.4, -0.2) is 0 Å². The summed E-state index contributed by atoms with van der Waals surface area (Å²) in [6, 6.07) is 15.3. The molecule has 0 fully saturated rings. The molecule has 84 valence electrons. The van der Waals surface area contributed by atoms with E-state index < -0.39 is 0 Å². The highest BCUT2D eigenvalue weighted by atomic mass is 16.5.